The van der Waals surface area contributed by atoms with E-state index in [4.69, 9.17) is 23.2 Å². The van der Waals surface area contributed by atoms with Crippen LogP contribution in [0.5, 0.6) is 0 Å². The zero-order chi connectivity index (χ0) is 20.5. The van der Waals surface area contributed by atoms with Crippen LogP contribution in [0, 0.1) is 5.41 Å². The van der Waals surface area contributed by atoms with E-state index in [-0.39, 0.29) is 11.5 Å². The number of hydrogen-bond donors (Lipinski definition) is 2. The van der Waals surface area contributed by atoms with E-state index in [1.54, 1.807) is 6.07 Å². The van der Waals surface area contributed by atoms with Gasteiger partial charge in [0.2, 0.25) is 0 Å². The van der Waals surface area contributed by atoms with Gasteiger partial charge in [0.25, 0.3) is 0 Å². The highest BCUT2D eigenvalue weighted by atomic mass is 35.5. The summed E-state index contributed by atoms with van der Waals surface area (Å²) in [6.45, 7) is 8.32. The summed E-state index contributed by atoms with van der Waals surface area (Å²) in [4.78, 5) is 0.879. The van der Waals surface area contributed by atoms with Crippen LogP contribution in [-0.2, 0) is 10.8 Å². The maximum atomic E-state index is 13.2. The lowest BCUT2D eigenvalue weighted by molar-refractivity contribution is 0.409. The molecule has 3 nitrogen and oxygen atoms in total. The zero-order valence-corrected chi connectivity index (χ0v) is 18.9. The molecule has 0 spiro atoms. The number of hydrogen-bond acceptors (Lipinski definition) is 3. The molecule has 0 fully saturated rings. The Kier molecular flexibility index (Phi) is 6.43. The van der Waals surface area contributed by atoms with Crippen molar-refractivity contribution in [3.8, 4) is 0 Å². The molecular formula is C22H26Cl2N2OS. The summed E-state index contributed by atoms with van der Waals surface area (Å²) in [7, 11) is -1.11. The van der Waals surface area contributed by atoms with Crippen molar-refractivity contribution in [2.24, 2.45) is 5.41 Å². The van der Waals surface area contributed by atoms with Crippen molar-refractivity contribution >= 4 is 45.4 Å². The number of para-hydroxylation sites is 2. The van der Waals surface area contributed by atoms with E-state index in [0.717, 1.165) is 34.0 Å². The molecule has 0 aromatic heterocycles. The molecule has 0 amide bonds. The molecule has 2 aromatic carbocycles. The average Bonchev–Trinajstić information content (AvgIpc) is 2.78. The van der Waals surface area contributed by atoms with Gasteiger partial charge in [0, 0.05) is 21.5 Å². The van der Waals surface area contributed by atoms with Gasteiger partial charge >= 0.3 is 0 Å². The summed E-state index contributed by atoms with van der Waals surface area (Å²) >= 11 is 12.6. The van der Waals surface area contributed by atoms with Crippen LogP contribution in [0.2, 0.25) is 10.0 Å². The normalized spacial score (nSPS) is 22.5. The molecule has 2 N–H and O–H groups in total. The molecule has 2 aromatic rings. The van der Waals surface area contributed by atoms with E-state index in [1.807, 2.05) is 50.2 Å². The van der Waals surface area contributed by atoms with E-state index in [0.29, 0.717) is 15.8 Å². The number of fused-ring (bicyclic) bond motifs is 1. The van der Waals surface area contributed by atoms with Crippen molar-refractivity contribution in [2.75, 3.05) is 16.4 Å². The molecule has 2 aliphatic rings. The number of rotatable bonds is 1. The molecule has 2 unspecified atom stereocenters. The fourth-order valence-electron chi connectivity index (χ4n) is 3.65. The van der Waals surface area contributed by atoms with Gasteiger partial charge in [0.1, 0.15) is 0 Å². The Morgan fingerprint density at radius 2 is 1.75 bits per heavy atom. The monoisotopic (exact) mass is 436 g/mol. The highest BCUT2D eigenvalue weighted by Gasteiger charge is 2.38. The minimum atomic E-state index is -1.11. The Morgan fingerprint density at radius 1 is 1.07 bits per heavy atom. The number of benzene rings is 2. The van der Waals surface area contributed by atoms with Crippen LogP contribution < -0.4 is 10.6 Å². The lowest BCUT2D eigenvalue weighted by atomic mass is 9.88. The van der Waals surface area contributed by atoms with E-state index in [1.165, 1.54) is 0 Å². The predicted octanol–water partition coefficient (Wildman–Crippen LogP) is 6.99. The molecule has 2 aliphatic heterocycles. The molecular weight excluding hydrogens is 411 g/mol. The van der Waals surface area contributed by atoms with Crippen LogP contribution in [0.15, 0.2) is 53.1 Å². The smallest absolute Gasteiger partial charge is 0.0884 e. The predicted molar refractivity (Wildman–Crippen MR) is 123 cm³/mol. The van der Waals surface area contributed by atoms with E-state index >= 15 is 0 Å². The van der Waals surface area contributed by atoms with E-state index in [9.17, 15) is 4.21 Å². The highest BCUT2D eigenvalue weighted by Crippen LogP contribution is 2.46. The first-order chi connectivity index (χ1) is 13.3. The minimum Gasteiger partial charge on any atom is -0.372 e. The van der Waals surface area contributed by atoms with Crippen LogP contribution >= 0.6 is 23.2 Å². The molecule has 4 rings (SSSR count). The van der Waals surface area contributed by atoms with Crippen molar-refractivity contribution in [1.29, 1.82) is 0 Å². The molecule has 150 valence electrons. The first-order valence-corrected chi connectivity index (χ1v) is 11.6. The van der Waals surface area contributed by atoms with Crippen molar-refractivity contribution < 1.29 is 4.21 Å². The van der Waals surface area contributed by atoms with Gasteiger partial charge < -0.3 is 10.6 Å². The second-order valence-electron chi connectivity index (χ2n) is 7.59. The minimum absolute atomic E-state index is 0.0235. The fraction of sp³-hybridized carbons (Fsp3) is 0.364. The zero-order valence-electron chi connectivity index (χ0n) is 16.6. The van der Waals surface area contributed by atoms with Gasteiger partial charge in [-0.15, -0.1) is 0 Å². The lowest BCUT2D eigenvalue weighted by Gasteiger charge is -2.34. The number of anilines is 2. The van der Waals surface area contributed by atoms with Gasteiger partial charge in [-0.3, -0.25) is 4.21 Å². The largest absolute Gasteiger partial charge is 0.372 e. The van der Waals surface area contributed by atoms with Gasteiger partial charge in [-0.2, -0.15) is 0 Å². The van der Waals surface area contributed by atoms with Crippen molar-refractivity contribution in [3.63, 3.8) is 0 Å². The van der Waals surface area contributed by atoms with Gasteiger partial charge in [-0.1, -0.05) is 69.1 Å². The topological polar surface area (TPSA) is 41.1 Å². The molecule has 28 heavy (non-hydrogen) atoms. The van der Waals surface area contributed by atoms with Crippen LogP contribution in [0.4, 0.5) is 11.4 Å². The summed E-state index contributed by atoms with van der Waals surface area (Å²) in [5, 5.41) is 8.25. The summed E-state index contributed by atoms with van der Waals surface area (Å²) in [5.74, 6) is 0.632. The number of nitrogens with one attached hydrogen (secondary N) is 2. The number of allylic oxidation sites excluding steroid dienone is 1. The van der Waals surface area contributed by atoms with Crippen LogP contribution in [0.1, 0.15) is 45.7 Å². The van der Waals surface area contributed by atoms with Gasteiger partial charge in [0.15, 0.2) is 0 Å². The third kappa shape index (κ3) is 4.24. The Morgan fingerprint density at radius 3 is 2.43 bits per heavy atom. The first-order valence-electron chi connectivity index (χ1n) is 9.53. The summed E-state index contributed by atoms with van der Waals surface area (Å²) in [6, 6.07) is 13.2. The second-order valence-corrected chi connectivity index (χ2v) is 9.85. The average molecular weight is 437 g/mol. The molecule has 0 radical (unpaired) electrons. The summed E-state index contributed by atoms with van der Waals surface area (Å²) < 4.78 is 13.2. The van der Waals surface area contributed by atoms with Crippen molar-refractivity contribution in [2.45, 2.75) is 40.2 Å². The van der Waals surface area contributed by atoms with Crippen molar-refractivity contribution in [3.05, 3.63) is 68.7 Å². The van der Waals surface area contributed by atoms with Crippen LogP contribution in [0.3, 0.4) is 0 Å². The molecule has 0 saturated carbocycles. The highest BCUT2D eigenvalue weighted by molar-refractivity contribution is 7.89. The molecule has 0 saturated heterocycles. The second kappa shape index (κ2) is 8.48. The van der Waals surface area contributed by atoms with Crippen LogP contribution in [0.25, 0.3) is 0 Å². The number of halogens is 2. The molecule has 0 bridgehead atoms. The van der Waals surface area contributed by atoms with Crippen molar-refractivity contribution in [1.82, 2.24) is 0 Å². The van der Waals surface area contributed by atoms with E-state index in [2.05, 4.69) is 24.5 Å². The Balaban J connectivity index is 0.00000109. The van der Waals surface area contributed by atoms with Crippen LogP contribution in [-0.4, -0.2) is 9.96 Å². The standard InChI is InChI=1S/C20H20Cl2N2OS.C2H6/c1-20(2)10-17-19(26(25)11-20)18(13-8-7-12(21)9-14(13)22)24-16-6-4-3-5-15(16)23-17;1-2/h3-9,18,23-24H,10-11H2,1-2H3;1-2H3. The Hall–Kier alpha value is -1.49. The van der Waals surface area contributed by atoms with Gasteiger partial charge in [0.05, 0.1) is 33.1 Å². The molecule has 0 aliphatic carbocycles. The third-order valence-corrected chi connectivity index (χ3v) is 7.35. The quantitative estimate of drug-likeness (QED) is 0.505. The summed E-state index contributed by atoms with van der Waals surface area (Å²) in [6.07, 6.45) is 0.839. The Labute approximate surface area is 180 Å². The maximum Gasteiger partial charge on any atom is 0.0884 e. The first kappa shape index (κ1) is 21.2. The fourth-order valence-corrected chi connectivity index (χ4v) is 5.99. The van der Waals surface area contributed by atoms with Gasteiger partial charge in [-0.25, -0.2) is 0 Å². The lowest BCUT2D eigenvalue weighted by Crippen LogP contribution is -2.32. The molecule has 2 heterocycles. The third-order valence-electron chi connectivity index (χ3n) is 4.77. The Bertz CT molecular complexity index is 940. The summed E-state index contributed by atoms with van der Waals surface area (Å²) in [5.41, 5.74) is 3.84. The SMILES string of the molecule is CC.CC1(C)CC2=C(C(c3ccc(Cl)cc3Cl)Nc3ccccc3N2)S(=O)C1. The maximum absolute atomic E-state index is 13.2. The molecule has 2 atom stereocenters. The molecule has 6 heteroatoms. The van der Waals surface area contributed by atoms with E-state index < -0.39 is 10.8 Å². The van der Waals surface area contributed by atoms with Gasteiger partial charge in [-0.05, 0) is 41.7 Å².